The minimum Gasteiger partial charge on any atom is -0.370 e. The zero-order valence-corrected chi connectivity index (χ0v) is 17.3. The summed E-state index contributed by atoms with van der Waals surface area (Å²) in [4.78, 5) is 21.7. The van der Waals surface area contributed by atoms with Crippen molar-refractivity contribution in [3.63, 3.8) is 0 Å². The van der Waals surface area contributed by atoms with E-state index in [1.54, 1.807) is 6.20 Å². The predicted molar refractivity (Wildman–Crippen MR) is 116 cm³/mol. The highest BCUT2D eigenvalue weighted by atomic mass is 16.2. The molecule has 150 valence electrons. The van der Waals surface area contributed by atoms with Crippen LogP contribution in [-0.2, 0) is 6.42 Å². The molecular formula is C24H33N3O. The summed E-state index contributed by atoms with van der Waals surface area (Å²) in [6.07, 6.45) is 9.05. The molecule has 1 aliphatic rings. The molecule has 0 N–H and O–H groups in total. The molecule has 1 saturated heterocycles. The summed E-state index contributed by atoms with van der Waals surface area (Å²) < 4.78 is 0. The molecule has 1 amide bonds. The third kappa shape index (κ3) is 5.34. The highest BCUT2D eigenvalue weighted by Crippen LogP contribution is 2.24. The molecule has 2 aromatic rings. The maximum Gasteiger partial charge on any atom is 0.255 e. The van der Waals surface area contributed by atoms with Crippen molar-refractivity contribution < 1.29 is 4.79 Å². The van der Waals surface area contributed by atoms with Gasteiger partial charge in [0.2, 0.25) is 0 Å². The standard InChI is InChI=1S/C24H33N3O/c1-3-12-26(13-4-2)23-17-22(18-25-19-23)24(28)27-14-10-21(11-15-27)16-20-8-6-5-7-9-20/h5-9,17-19,21H,3-4,10-16H2,1-2H3. The van der Waals surface area contributed by atoms with E-state index in [4.69, 9.17) is 0 Å². The van der Waals surface area contributed by atoms with Crippen molar-refractivity contribution in [2.24, 2.45) is 5.92 Å². The van der Waals surface area contributed by atoms with Crippen LogP contribution in [0, 0.1) is 5.92 Å². The first-order chi connectivity index (χ1) is 13.7. The Morgan fingerprint density at radius 2 is 1.75 bits per heavy atom. The number of hydrogen-bond donors (Lipinski definition) is 0. The fraction of sp³-hybridized carbons (Fsp3) is 0.500. The third-order valence-electron chi connectivity index (χ3n) is 5.59. The largest absolute Gasteiger partial charge is 0.370 e. The van der Waals surface area contributed by atoms with Gasteiger partial charge in [0.05, 0.1) is 17.4 Å². The van der Waals surface area contributed by atoms with Gasteiger partial charge in [-0.15, -0.1) is 0 Å². The molecule has 0 aliphatic carbocycles. The van der Waals surface area contributed by atoms with Crippen LogP contribution in [0.5, 0.6) is 0 Å². The van der Waals surface area contributed by atoms with Gasteiger partial charge in [-0.05, 0) is 49.7 Å². The molecule has 0 bridgehead atoms. The first kappa shape index (κ1) is 20.4. The average Bonchev–Trinajstić information content (AvgIpc) is 2.74. The molecule has 0 spiro atoms. The molecule has 1 aromatic heterocycles. The predicted octanol–water partition coefficient (Wildman–Crippen LogP) is 4.80. The minimum atomic E-state index is 0.125. The number of pyridine rings is 1. The van der Waals surface area contributed by atoms with Gasteiger partial charge in [0, 0.05) is 32.4 Å². The average molecular weight is 380 g/mol. The van der Waals surface area contributed by atoms with Gasteiger partial charge in [-0.3, -0.25) is 9.78 Å². The Kier molecular flexibility index (Phi) is 7.46. The van der Waals surface area contributed by atoms with Crippen molar-refractivity contribution in [2.45, 2.75) is 46.0 Å². The van der Waals surface area contributed by atoms with E-state index in [1.807, 2.05) is 17.2 Å². The van der Waals surface area contributed by atoms with E-state index in [-0.39, 0.29) is 5.91 Å². The fourth-order valence-corrected chi connectivity index (χ4v) is 4.10. The van der Waals surface area contributed by atoms with Crippen molar-refractivity contribution in [1.82, 2.24) is 9.88 Å². The molecular weight excluding hydrogens is 346 g/mol. The molecule has 0 radical (unpaired) electrons. The number of piperidine rings is 1. The van der Waals surface area contributed by atoms with Crippen LogP contribution in [0.25, 0.3) is 0 Å². The number of nitrogens with zero attached hydrogens (tertiary/aromatic N) is 3. The quantitative estimate of drug-likeness (QED) is 0.661. The topological polar surface area (TPSA) is 36.4 Å². The van der Waals surface area contributed by atoms with Gasteiger partial charge in [-0.25, -0.2) is 0 Å². The number of carbonyl (C=O) groups excluding carboxylic acids is 1. The second-order valence-electron chi connectivity index (χ2n) is 7.84. The summed E-state index contributed by atoms with van der Waals surface area (Å²) in [6.45, 7) is 8.05. The van der Waals surface area contributed by atoms with Crippen LogP contribution < -0.4 is 4.90 Å². The number of hydrogen-bond acceptors (Lipinski definition) is 3. The molecule has 28 heavy (non-hydrogen) atoms. The van der Waals surface area contributed by atoms with Gasteiger partial charge < -0.3 is 9.80 Å². The summed E-state index contributed by atoms with van der Waals surface area (Å²) in [7, 11) is 0. The molecule has 4 heteroatoms. The number of likely N-dealkylation sites (tertiary alicyclic amines) is 1. The summed E-state index contributed by atoms with van der Waals surface area (Å²) in [5.41, 5.74) is 3.18. The molecule has 1 aliphatic heterocycles. The molecule has 4 nitrogen and oxygen atoms in total. The smallest absolute Gasteiger partial charge is 0.255 e. The van der Waals surface area contributed by atoms with Crippen molar-refractivity contribution >= 4 is 11.6 Å². The number of carbonyl (C=O) groups is 1. The van der Waals surface area contributed by atoms with Crippen LogP contribution in [0.15, 0.2) is 48.8 Å². The molecule has 2 heterocycles. The molecule has 3 rings (SSSR count). The van der Waals surface area contributed by atoms with E-state index in [0.717, 1.165) is 69.5 Å². The monoisotopic (exact) mass is 379 g/mol. The highest BCUT2D eigenvalue weighted by Gasteiger charge is 2.24. The van der Waals surface area contributed by atoms with Crippen LogP contribution >= 0.6 is 0 Å². The number of rotatable bonds is 8. The van der Waals surface area contributed by atoms with Crippen LogP contribution in [0.3, 0.4) is 0 Å². The van der Waals surface area contributed by atoms with Gasteiger partial charge >= 0.3 is 0 Å². The van der Waals surface area contributed by atoms with Gasteiger partial charge in [-0.1, -0.05) is 44.2 Å². The highest BCUT2D eigenvalue weighted by molar-refractivity contribution is 5.94. The molecule has 1 fully saturated rings. The number of aromatic nitrogens is 1. The van der Waals surface area contributed by atoms with E-state index in [0.29, 0.717) is 5.92 Å². The Balaban J connectivity index is 1.59. The van der Waals surface area contributed by atoms with Gasteiger partial charge in [0.1, 0.15) is 0 Å². The lowest BCUT2D eigenvalue weighted by Gasteiger charge is -2.32. The van der Waals surface area contributed by atoms with Crippen LogP contribution in [0.1, 0.15) is 55.5 Å². The molecule has 0 saturated carbocycles. The lowest BCUT2D eigenvalue weighted by atomic mass is 9.90. The minimum absolute atomic E-state index is 0.125. The van der Waals surface area contributed by atoms with E-state index in [1.165, 1.54) is 5.56 Å². The van der Waals surface area contributed by atoms with Crippen LogP contribution in [0.4, 0.5) is 5.69 Å². The Hall–Kier alpha value is -2.36. The fourth-order valence-electron chi connectivity index (χ4n) is 4.10. The molecule has 0 atom stereocenters. The first-order valence-corrected chi connectivity index (χ1v) is 10.7. The zero-order chi connectivity index (χ0) is 19.8. The van der Waals surface area contributed by atoms with Gasteiger partial charge in [0.15, 0.2) is 0 Å². The first-order valence-electron chi connectivity index (χ1n) is 10.7. The van der Waals surface area contributed by atoms with E-state index in [2.05, 4.69) is 54.1 Å². The zero-order valence-electron chi connectivity index (χ0n) is 17.3. The van der Waals surface area contributed by atoms with Crippen LogP contribution in [-0.4, -0.2) is 42.0 Å². The molecule has 1 aromatic carbocycles. The SMILES string of the molecule is CCCN(CCC)c1cncc(C(=O)N2CCC(Cc3ccccc3)CC2)c1. The normalized spacial score (nSPS) is 14.9. The van der Waals surface area contributed by atoms with E-state index < -0.39 is 0 Å². The number of amides is 1. The Bertz CT molecular complexity index is 733. The lowest BCUT2D eigenvalue weighted by Crippen LogP contribution is -2.39. The third-order valence-corrected chi connectivity index (χ3v) is 5.59. The summed E-state index contributed by atoms with van der Waals surface area (Å²) in [5.74, 6) is 0.793. The maximum absolute atomic E-state index is 13.0. The van der Waals surface area contributed by atoms with Crippen LogP contribution in [0.2, 0.25) is 0 Å². The Morgan fingerprint density at radius 1 is 1.07 bits per heavy atom. The summed E-state index contributed by atoms with van der Waals surface area (Å²) >= 11 is 0. The number of benzene rings is 1. The molecule has 0 unspecified atom stereocenters. The van der Waals surface area contributed by atoms with Gasteiger partial charge in [-0.2, -0.15) is 0 Å². The summed E-state index contributed by atoms with van der Waals surface area (Å²) in [5, 5.41) is 0. The van der Waals surface area contributed by atoms with Gasteiger partial charge in [0.25, 0.3) is 5.91 Å². The lowest BCUT2D eigenvalue weighted by molar-refractivity contribution is 0.0690. The maximum atomic E-state index is 13.0. The van der Waals surface area contributed by atoms with Crippen molar-refractivity contribution in [3.8, 4) is 0 Å². The van der Waals surface area contributed by atoms with E-state index >= 15 is 0 Å². The Morgan fingerprint density at radius 3 is 2.39 bits per heavy atom. The van der Waals surface area contributed by atoms with Crippen molar-refractivity contribution in [3.05, 3.63) is 59.9 Å². The second kappa shape index (κ2) is 10.3. The van der Waals surface area contributed by atoms with E-state index in [9.17, 15) is 4.79 Å². The summed E-state index contributed by atoms with van der Waals surface area (Å²) in [6, 6.07) is 12.7. The van der Waals surface area contributed by atoms with Crippen molar-refractivity contribution in [2.75, 3.05) is 31.1 Å². The second-order valence-corrected chi connectivity index (χ2v) is 7.84. The van der Waals surface area contributed by atoms with Crippen molar-refractivity contribution in [1.29, 1.82) is 0 Å². The Labute approximate surface area is 169 Å². The number of anilines is 1.